The van der Waals surface area contributed by atoms with E-state index in [9.17, 15) is 4.79 Å². The fraction of sp³-hybridized carbons (Fsp3) is 0.222. The fourth-order valence-electron chi connectivity index (χ4n) is 2.98. The molecule has 0 atom stereocenters. The molecular formula is C18H16N2O3. The van der Waals surface area contributed by atoms with E-state index in [1.807, 2.05) is 42.2 Å². The third-order valence-electron chi connectivity index (χ3n) is 4.14. The number of aryl methyl sites for hydroxylation is 1. The number of ether oxygens (including phenoxy) is 1. The van der Waals surface area contributed by atoms with Gasteiger partial charge in [0, 0.05) is 17.6 Å². The second-order valence-corrected chi connectivity index (χ2v) is 5.52. The Morgan fingerprint density at radius 2 is 2.17 bits per heavy atom. The van der Waals surface area contributed by atoms with Gasteiger partial charge in [0.2, 0.25) is 0 Å². The van der Waals surface area contributed by atoms with Gasteiger partial charge in [0.25, 0.3) is 0 Å². The maximum absolute atomic E-state index is 11.9. The minimum atomic E-state index is -0.322. The zero-order valence-electron chi connectivity index (χ0n) is 12.8. The average Bonchev–Trinajstić information content (AvgIpc) is 2.61. The van der Waals surface area contributed by atoms with E-state index >= 15 is 0 Å². The summed E-state index contributed by atoms with van der Waals surface area (Å²) >= 11 is 0. The molecule has 0 saturated carbocycles. The van der Waals surface area contributed by atoms with Gasteiger partial charge in [-0.1, -0.05) is 13.0 Å². The van der Waals surface area contributed by atoms with Crippen molar-refractivity contribution in [3.63, 3.8) is 0 Å². The van der Waals surface area contributed by atoms with Crippen molar-refractivity contribution in [1.82, 2.24) is 4.98 Å². The third kappa shape index (κ3) is 2.34. The Balaban J connectivity index is 1.86. The van der Waals surface area contributed by atoms with E-state index in [1.54, 1.807) is 12.3 Å². The predicted molar refractivity (Wildman–Crippen MR) is 87.8 cm³/mol. The van der Waals surface area contributed by atoms with E-state index in [-0.39, 0.29) is 5.63 Å². The molecule has 0 unspecified atom stereocenters. The summed E-state index contributed by atoms with van der Waals surface area (Å²) in [6, 6.07) is 11.2. The van der Waals surface area contributed by atoms with Crippen molar-refractivity contribution in [2.75, 3.05) is 11.6 Å². The van der Waals surface area contributed by atoms with Crippen LogP contribution in [0.5, 0.6) is 5.75 Å². The van der Waals surface area contributed by atoms with Crippen LogP contribution < -0.4 is 15.3 Å². The van der Waals surface area contributed by atoms with Crippen molar-refractivity contribution < 1.29 is 9.15 Å². The normalized spacial score (nSPS) is 13.7. The number of hydrogen-bond donors (Lipinski definition) is 0. The summed E-state index contributed by atoms with van der Waals surface area (Å²) < 4.78 is 11.3. The molecule has 0 radical (unpaired) electrons. The first-order valence-corrected chi connectivity index (χ1v) is 7.63. The van der Waals surface area contributed by atoms with E-state index in [0.29, 0.717) is 18.9 Å². The largest absolute Gasteiger partial charge is 0.473 e. The van der Waals surface area contributed by atoms with Crippen LogP contribution in [-0.2, 0) is 13.0 Å². The Labute approximate surface area is 133 Å². The molecule has 116 valence electrons. The molecule has 4 rings (SSSR count). The highest BCUT2D eigenvalue weighted by atomic mass is 16.5. The number of pyridine rings is 1. The summed E-state index contributed by atoms with van der Waals surface area (Å²) in [5.74, 6) is 1.60. The Morgan fingerprint density at radius 1 is 1.26 bits per heavy atom. The van der Waals surface area contributed by atoms with Crippen LogP contribution in [0.4, 0.5) is 5.82 Å². The molecule has 1 aliphatic heterocycles. The topological polar surface area (TPSA) is 55.6 Å². The number of aromatic nitrogens is 1. The highest BCUT2D eigenvalue weighted by molar-refractivity contribution is 5.85. The van der Waals surface area contributed by atoms with Crippen molar-refractivity contribution >= 4 is 16.8 Å². The number of benzene rings is 1. The molecule has 3 heterocycles. The molecule has 0 aliphatic carbocycles. The molecule has 3 aromatic rings. The molecule has 1 aromatic carbocycles. The van der Waals surface area contributed by atoms with Gasteiger partial charge in [0.05, 0.1) is 12.1 Å². The highest BCUT2D eigenvalue weighted by Gasteiger charge is 2.22. The molecule has 23 heavy (non-hydrogen) atoms. The molecule has 0 saturated heterocycles. The van der Waals surface area contributed by atoms with Crippen LogP contribution >= 0.6 is 0 Å². The summed E-state index contributed by atoms with van der Waals surface area (Å²) in [6.45, 7) is 3.05. The minimum Gasteiger partial charge on any atom is -0.473 e. The van der Waals surface area contributed by atoms with Gasteiger partial charge in [-0.3, -0.25) is 0 Å². The molecule has 0 spiro atoms. The Hall–Kier alpha value is -2.82. The van der Waals surface area contributed by atoms with Crippen LogP contribution in [0.2, 0.25) is 0 Å². The lowest BCUT2D eigenvalue weighted by Crippen LogP contribution is -2.32. The average molecular weight is 308 g/mol. The van der Waals surface area contributed by atoms with Crippen molar-refractivity contribution in [3.05, 3.63) is 64.1 Å². The van der Waals surface area contributed by atoms with Gasteiger partial charge >= 0.3 is 5.63 Å². The van der Waals surface area contributed by atoms with Crippen LogP contribution in [0.15, 0.2) is 51.8 Å². The lowest BCUT2D eigenvalue weighted by Gasteiger charge is -2.30. The highest BCUT2D eigenvalue weighted by Crippen LogP contribution is 2.34. The number of fused-ring (bicyclic) bond motifs is 3. The summed E-state index contributed by atoms with van der Waals surface area (Å²) in [5, 5.41) is 0.970. The van der Waals surface area contributed by atoms with Crippen molar-refractivity contribution in [3.8, 4) is 5.75 Å². The Bertz CT molecular complexity index is 919. The van der Waals surface area contributed by atoms with Crippen LogP contribution in [-0.4, -0.2) is 11.7 Å². The van der Waals surface area contributed by atoms with Gasteiger partial charge in [0.15, 0.2) is 6.73 Å². The predicted octanol–water partition coefficient (Wildman–Crippen LogP) is 3.11. The van der Waals surface area contributed by atoms with Gasteiger partial charge in [-0.05, 0) is 36.2 Å². The Kier molecular flexibility index (Phi) is 3.26. The summed E-state index contributed by atoms with van der Waals surface area (Å²) in [7, 11) is 0. The number of anilines is 1. The molecule has 5 nitrogen and oxygen atoms in total. The van der Waals surface area contributed by atoms with Crippen molar-refractivity contribution in [2.45, 2.75) is 19.9 Å². The maximum atomic E-state index is 11.9. The molecule has 0 bridgehead atoms. The third-order valence-corrected chi connectivity index (χ3v) is 4.14. The molecule has 0 fully saturated rings. The van der Waals surface area contributed by atoms with E-state index in [4.69, 9.17) is 9.15 Å². The van der Waals surface area contributed by atoms with E-state index in [1.165, 1.54) is 0 Å². The summed E-state index contributed by atoms with van der Waals surface area (Å²) in [4.78, 5) is 18.2. The summed E-state index contributed by atoms with van der Waals surface area (Å²) in [5.41, 5.74) is 2.19. The molecule has 2 aromatic heterocycles. The monoisotopic (exact) mass is 308 g/mol. The first kappa shape index (κ1) is 13.8. The SMILES string of the molecule is CCc1cc(=O)oc2c3c(ccc12)OCN(c1ccccn1)C3. The number of hydrogen-bond acceptors (Lipinski definition) is 5. The van der Waals surface area contributed by atoms with Crippen LogP contribution in [0.25, 0.3) is 11.0 Å². The van der Waals surface area contributed by atoms with Crippen molar-refractivity contribution in [1.29, 1.82) is 0 Å². The first-order chi connectivity index (χ1) is 11.3. The van der Waals surface area contributed by atoms with Gasteiger partial charge < -0.3 is 14.1 Å². The standard InChI is InChI=1S/C18H16N2O3/c1-2-12-9-17(21)23-18-13(12)6-7-15-14(18)10-20(11-22-15)16-5-3-4-8-19-16/h3-9H,2,10-11H2,1H3. The van der Waals surface area contributed by atoms with E-state index in [2.05, 4.69) is 4.98 Å². The quantitative estimate of drug-likeness (QED) is 0.681. The van der Waals surface area contributed by atoms with E-state index in [0.717, 1.165) is 34.5 Å². The maximum Gasteiger partial charge on any atom is 0.336 e. The molecule has 5 heteroatoms. The first-order valence-electron chi connectivity index (χ1n) is 7.63. The second-order valence-electron chi connectivity index (χ2n) is 5.52. The van der Waals surface area contributed by atoms with Gasteiger partial charge in [-0.15, -0.1) is 0 Å². The van der Waals surface area contributed by atoms with Gasteiger partial charge in [0.1, 0.15) is 17.2 Å². The number of rotatable bonds is 2. The van der Waals surface area contributed by atoms with Gasteiger partial charge in [-0.25, -0.2) is 9.78 Å². The zero-order chi connectivity index (χ0) is 15.8. The van der Waals surface area contributed by atoms with Crippen LogP contribution in [0.1, 0.15) is 18.1 Å². The molecule has 0 N–H and O–H groups in total. The van der Waals surface area contributed by atoms with Crippen LogP contribution in [0, 0.1) is 0 Å². The lowest BCUT2D eigenvalue weighted by atomic mass is 10.0. The molecule has 1 aliphatic rings. The molecule has 0 amide bonds. The fourth-order valence-corrected chi connectivity index (χ4v) is 2.98. The van der Waals surface area contributed by atoms with Crippen LogP contribution in [0.3, 0.4) is 0 Å². The van der Waals surface area contributed by atoms with Gasteiger partial charge in [-0.2, -0.15) is 0 Å². The minimum absolute atomic E-state index is 0.322. The lowest BCUT2D eigenvalue weighted by molar-refractivity contribution is 0.288. The zero-order valence-corrected chi connectivity index (χ0v) is 12.8. The Morgan fingerprint density at radius 3 is 2.96 bits per heavy atom. The van der Waals surface area contributed by atoms with E-state index < -0.39 is 0 Å². The molecular weight excluding hydrogens is 292 g/mol. The second kappa shape index (κ2) is 5.43. The summed E-state index contributed by atoms with van der Waals surface area (Å²) in [6.07, 6.45) is 2.54. The smallest absolute Gasteiger partial charge is 0.336 e. The van der Waals surface area contributed by atoms with Crippen molar-refractivity contribution in [2.24, 2.45) is 0 Å². The number of nitrogens with zero attached hydrogens (tertiary/aromatic N) is 2.